The van der Waals surface area contributed by atoms with E-state index in [1.165, 1.54) is 0 Å². The Balaban J connectivity index is 2.17. The third-order valence-electron chi connectivity index (χ3n) is 3.25. The van der Waals surface area contributed by atoms with E-state index in [0.29, 0.717) is 24.6 Å². The van der Waals surface area contributed by atoms with Crippen LogP contribution in [-0.2, 0) is 11.3 Å². The molecule has 0 bridgehead atoms. The van der Waals surface area contributed by atoms with Crippen molar-refractivity contribution in [3.8, 4) is 11.8 Å². The maximum Gasteiger partial charge on any atom is 0.164 e. The van der Waals surface area contributed by atoms with Gasteiger partial charge in [-0.1, -0.05) is 24.8 Å². The van der Waals surface area contributed by atoms with Crippen LogP contribution in [0.2, 0.25) is 0 Å². The largest absolute Gasteiger partial charge is 0.490 e. The van der Waals surface area contributed by atoms with Gasteiger partial charge in [-0.2, -0.15) is 10.4 Å². The molecule has 1 aromatic heterocycles. The van der Waals surface area contributed by atoms with Gasteiger partial charge in [-0.25, -0.2) is 4.98 Å². The Morgan fingerprint density at radius 1 is 1.40 bits per heavy atom. The van der Waals surface area contributed by atoms with Crippen molar-refractivity contribution in [3.63, 3.8) is 0 Å². The molecular formula is C19H20N4O2. The Morgan fingerprint density at radius 2 is 2.24 bits per heavy atom. The Hall–Kier alpha value is -3.17. The number of hydrogen-bond donors (Lipinski definition) is 1. The van der Waals surface area contributed by atoms with E-state index >= 15 is 0 Å². The molecule has 2 rings (SSSR count). The first-order chi connectivity index (χ1) is 12.2. The lowest BCUT2D eigenvalue weighted by Gasteiger charge is -2.09. The standard InChI is InChI=1S/C19H20N4O2/c1-4-8-25-17-7-5-6-15(10-17)12-21-23-19-18(11-20)16(13-24-3)9-14(2)22-19/h4-7,9-10,12H,1,8,13H2,2-3H3,(H,22,23)/b21-12+. The van der Waals surface area contributed by atoms with E-state index in [0.717, 1.165) is 22.6 Å². The van der Waals surface area contributed by atoms with Crippen LogP contribution in [0.15, 0.2) is 48.1 Å². The molecule has 0 amide bonds. The maximum absolute atomic E-state index is 9.39. The quantitative estimate of drug-likeness (QED) is 0.454. The number of ether oxygens (including phenoxy) is 2. The molecule has 0 atom stereocenters. The van der Waals surface area contributed by atoms with Crippen molar-refractivity contribution in [3.05, 3.63) is 65.4 Å². The summed E-state index contributed by atoms with van der Waals surface area (Å²) in [7, 11) is 1.59. The summed E-state index contributed by atoms with van der Waals surface area (Å²) in [5.41, 5.74) is 5.67. The zero-order valence-electron chi connectivity index (χ0n) is 14.3. The van der Waals surface area contributed by atoms with E-state index in [-0.39, 0.29) is 0 Å². The fourth-order valence-electron chi connectivity index (χ4n) is 2.22. The van der Waals surface area contributed by atoms with Crippen LogP contribution < -0.4 is 10.2 Å². The van der Waals surface area contributed by atoms with Crippen molar-refractivity contribution in [2.75, 3.05) is 19.1 Å². The topological polar surface area (TPSA) is 79.5 Å². The highest BCUT2D eigenvalue weighted by atomic mass is 16.5. The zero-order chi connectivity index (χ0) is 18.1. The highest BCUT2D eigenvalue weighted by molar-refractivity contribution is 5.80. The summed E-state index contributed by atoms with van der Waals surface area (Å²) in [5.74, 6) is 1.14. The first kappa shape index (κ1) is 18.2. The molecule has 0 spiro atoms. The van der Waals surface area contributed by atoms with Crippen LogP contribution in [0, 0.1) is 18.3 Å². The highest BCUT2D eigenvalue weighted by Crippen LogP contribution is 2.19. The molecular weight excluding hydrogens is 316 g/mol. The Kier molecular flexibility index (Phi) is 6.69. The van der Waals surface area contributed by atoms with E-state index in [1.807, 2.05) is 37.3 Å². The Morgan fingerprint density at radius 3 is 2.96 bits per heavy atom. The molecule has 0 aliphatic heterocycles. The van der Waals surface area contributed by atoms with E-state index in [2.05, 4.69) is 28.2 Å². The van der Waals surface area contributed by atoms with Crippen molar-refractivity contribution in [1.82, 2.24) is 4.98 Å². The van der Waals surface area contributed by atoms with Gasteiger partial charge in [-0.05, 0) is 30.7 Å². The predicted molar refractivity (Wildman–Crippen MR) is 97.8 cm³/mol. The number of hydrogen-bond acceptors (Lipinski definition) is 6. The minimum Gasteiger partial charge on any atom is -0.490 e. The van der Waals surface area contributed by atoms with Crippen LogP contribution in [0.25, 0.3) is 0 Å². The predicted octanol–water partition coefficient (Wildman–Crippen LogP) is 3.42. The second kappa shape index (κ2) is 9.21. The average Bonchev–Trinajstić information content (AvgIpc) is 2.60. The van der Waals surface area contributed by atoms with Gasteiger partial charge < -0.3 is 9.47 Å². The number of anilines is 1. The molecule has 1 aromatic carbocycles. The van der Waals surface area contributed by atoms with E-state index in [1.54, 1.807) is 19.4 Å². The number of benzene rings is 1. The van der Waals surface area contributed by atoms with Crippen LogP contribution >= 0.6 is 0 Å². The van der Waals surface area contributed by atoms with Crippen molar-refractivity contribution in [1.29, 1.82) is 5.26 Å². The van der Waals surface area contributed by atoms with Crippen molar-refractivity contribution in [2.24, 2.45) is 5.10 Å². The van der Waals surface area contributed by atoms with Crippen molar-refractivity contribution >= 4 is 12.0 Å². The first-order valence-electron chi connectivity index (χ1n) is 7.70. The summed E-state index contributed by atoms with van der Waals surface area (Å²) in [6, 6.07) is 11.5. The minimum atomic E-state index is 0.341. The number of aromatic nitrogens is 1. The molecule has 6 nitrogen and oxygen atoms in total. The van der Waals surface area contributed by atoms with Gasteiger partial charge in [-0.15, -0.1) is 0 Å². The number of aryl methyl sites for hydroxylation is 1. The summed E-state index contributed by atoms with van der Waals surface area (Å²) in [6.07, 6.45) is 3.33. The van der Waals surface area contributed by atoms with Gasteiger partial charge in [0.05, 0.1) is 12.8 Å². The molecule has 2 aromatic rings. The van der Waals surface area contributed by atoms with Crippen LogP contribution in [0.5, 0.6) is 5.75 Å². The fraction of sp³-hybridized carbons (Fsp3) is 0.211. The van der Waals surface area contributed by atoms with Crippen LogP contribution in [-0.4, -0.2) is 24.9 Å². The zero-order valence-corrected chi connectivity index (χ0v) is 14.3. The monoisotopic (exact) mass is 336 g/mol. The number of nitrogens with one attached hydrogen (secondary N) is 1. The van der Waals surface area contributed by atoms with Crippen LogP contribution in [0.1, 0.15) is 22.4 Å². The number of methoxy groups -OCH3 is 1. The molecule has 1 N–H and O–H groups in total. The van der Waals surface area contributed by atoms with E-state index in [9.17, 15) is 5.26 Å². The number of hydrazone groups is 1. The SMILES string of the molecule is C=CCOc1cccc(/C=N/Nc2nc(C)cc(COC)c2C#N)c1. The van der Waals surface area contributed by atoms with Gasteiger partial charge >= 0.3 is 0 Å². The van der Waals surface area contributed by atoms with Gasteiger partial charge in [-0.3, -0.25) is 5.43 Å². The molecule has 6 heteroatoms. The molecule has 0 aliphatic carbocycles. The number of nitriles is 1. The number of nitrogens with zero attached hydrogens (tertiary/aromatic N) is 3. The number of pyridine rings is 1. The van der Waals surface area contributed by atoms with Gasteiger partial charge in [0.25, 0.3) is 0 Å². The Labute approximate surface area is 147 Å². The molecule has 128 valence electrons. The summed E-state index contributed by atoms with van der Waals surface area (Å²) in [6.45, 7) is 6.26. The smallest absolute Gasteiger partial charge is 0.164 e. The normalized spacial score (nSPS) is 10.4. The summed E-state index contributed by atoms with van der Waals surface area (Å²) in [4.78, 5) is 4.34. The maximum atomic E-state index is 9.39. The molecule has 0 aliphatic rings. The third kappa shape index (κ3) is 5.16. The van der Waals surface area contributed by atoms with Gasteiger partial charge in [0.1, 0.15) is 24.0 Å². The summed E-state index contributed by atoms with van der Waals surface area (Å²) >= 11 is 0. The van der Waals surface area contributed by atoms with E-state index < -0.39 is 0 Å². The lowest BCUT2D eigenvalue weighted by Crippen LogP contribution is -2.03. The van der Waals surface area contributed by atoms with Crippen molar-refractivity contribution in [2.45, 2.75) is 13.5 Å². The van der Waals surface area contributed by atoms with Gasteiger partial charge in [0.2, 0.25) is 0 Å². The molecule has 25 heavy (non-hydrogen) atoms. The summed E-state index contributed by atoms with van der Waals surface area (Å²) < 4.78 is 10.6. The van der Waals surface area contributed by atoms with E-state index in [4.69, 9.17) is 9.47 Å². The van der Waals surface area contributed by atoms with Crippen LogP contribution in [0.3, 0.4) is 0 Å². The molecule has 1 heterocycles. The minimum absolute atomic E-state index is 0.341. The Bertz CT molecular complexity index is 810. The first-order valence-corrected chi connectivity index (χ1v) is 7.70. The lowest BCUT2D eigenvalue weighted by molar-refractivity contribution is 0.184. The van der Waals surface area contributed by atoms with Gasteiger partial charge in [0, 0.05) is 18.4 Å². The highest BCUT2D eigenvalue weighted by Gasteiger charge is 2.10. The molecule has 0 radical (unpaired) electrons. The lowest BCUT2D eigenvalue weighted by atomic mass is 10.1. The second-order valence-corrected chi connectivity index (χ2v) is 5.23. The molecule has 0 saturated heterocycles. The molecule has 0 unspecified atom stereocenters. The molecule has 0 saturated carbocycles. The third-order valence-corrected chi connectivity index (χ3v) is 3.25. The van der Waals surface area contributed by atoms with Gasteiger partial charge in [0.15, 0.2) is 5.82 Å². The average molecular weight is 336 g/mol. The fourth-order valence-corrected chi connectivity index (χ4v) is 2.22. The van der Waals surface area contributed by atoms with Crippen LogP contribution in [0.4, 0.5) is 5.82 Å². The number of rotatable bonds is 8. The molecule has 0 fully saturated rings. The van der Waals surface area contributed by atoms with Crippen molar-refractivity contribution < 1.29 is 9.47 Å². The second-order valence-electron chi connectivity index (χ2n) is 5.23. The summed E-state index contributed by atoms with van der Waals surface area (Å²) in [5, 5.41) is 13.6.